The third-order valence-electron chi connectivity index (χ3n) is 5.64. The van der Waals surface area contributed by atoms with Crippen LogP contribution in [0.2, 0.25) is 5.02 Å². The zero-order valence-electron chi connectivity index (χ0n) is 16.3. The molecule has 4 rings (SSSR count). The second kappa shape index (κ2) is 8.82. The monoisotopic (exact) mass is 433 g/mol. The standard InChI is InChI=1S/C23H23ClF3N3/c24-17-4-9-20-21(10-11-28-22(20)13-17)30-19-7-5-18(6-8-19)29-14-15-2-1-3-16(12-15)23(25,26)27/h1-4,9-13,18-19,29H,5-8,14H2,(H,28,30)/t18-,19+. The first kappa shape index (κ1) is 20.9. The highest BCUT2D eigenvalue weighted by Crippen LogP contribution is 2.30. The van der Waals surface area contributed by atoms with Crippen molar-refractivity contribution in [3.63, 3.8) is 0 Å². The molecule has 1 heterocycles. The van der Waals surface area contributed by atoms with Crippen LogP contribution in [0.1, 0.15) is 36.8 Å². The number of fused-ring (bicyclic) bond motifs is 1. The lowest BCUT2D eigenvalue weighted by molar-refractivity contribution is -0.137. The molecule has 0 saturated heterocycles. The number of aromatic nitrogens is 1. The smallest absolute Gasteiger partial charge is 0.382 e. The van der Waals surface area contributed by atoms with Gasteiger partial charge in [0.05, 0.1) is 11.1 Å². The molecule has 158 valence electrons. The Kier molecular flexibility index (Phi) is 6.16. The van der Waals surface area contributed by atoms with Crippen molar-refractivity contribution < 1.29 is 13.2 Å². The highest BCUT2D eigenvalue weighted by Gasteiger charge is 2.30. The van der Waals surface area contributed by atoms with E-state index in [1.807, 2.05) is 24.3 Å². The van der Waals surface area contributed by atoms with Gasteiger partial charge in [0, 0.05) is 40.9 Å². The largest absolute Gasteiger partial charge is 0.416 e. The average Bonchev–Trinajstić information content (AvgIpc) is 2.73. The molecule has 7 heteroatoms. The Labute approximate surface area is 178 Å². The van der Waals surface area contributed by atoms with E-state index in [1.165, 1.54) is 12.1 Å². The Hall–Kier alpha value is -2.31. The summed E-state index contributed by atoms with van der Waals surface area (Å²) in [5.41, 5.74) is 1.98. The lowest BCUT2D eigenvalue weighted by Crippen LogP contribution is -2.36. The molecule has 3 nitrogen and oxygen atoms in total. The van der Waals surface area contributed by atoms with Crippen LogP contribution >= 0.6 is 11.6 Å². The van der Waals surface area contributed by atoms with E-state index < -0.39 is 11.7 Å². The van der Waals surface area contributed by atoms with Crippen molar-refractivity contribution in [2.45, 2.75) is 50.5 Å². The molecule has 0 spiro atoms. The van der Waals surface area contributed by atoms with Gasteiger partial charge >= 0.3 is 6.18 Å². The van der Waals surface area contributed by atoms with Gasteiger partial charge in [-0.15, -0.1) is 0 Å². The number of alkyl halides is 3. The number of rotatable bonds is 5. The van der Waals surface area contributed by atoms with E-state index in [0.717, 1.165) is 48.3 Å². The summed E-state index contributed by atoms with van der Waals surface area (Å²) in [6.45, 7) is 0.447. The van der Waals surface area contributed by atoms with E-state index in [9.17, 15) is 13.2 Å². The molecule has 2 aromatic carbocycles. The molecular weight excluding hydrogens is 411 g/mol. The van der Waals surface area contributed by atoms with Gasteiger partial charge in [-0.2, -0.15) is 13.2 Å². The fourth-order valence-corrected chi connectivity index (χ4v) is 4.20. The zero-order chi connectivity index (χ0) is 21.1. The van der Waals surface area contributed by atoms with E-state index >= 15 is 0 Å². The average molecular weight is 434 g/mol. The minimum Gasteiger partial charge on any atom is -0.382 e. The van der Waals surface area contributed by atoms with Crippen molar-refractivity contribution in [3.05, 3.63) is 70.9 Å². The number of anilines is 1. The van der Waals surface area contributed by atoms with Gasteiger partial charge in [-0.05, 0) is 61.6 Å². The Morgan fingerprint density at radius 3 is 2.50 bits per heavy atom. The molecule has 0 radical (unpaired) electrons. The number of nitrogens with one attached hydrogen (secondary N) is 2. The van der Waals surface area contributed by atoms with E-state index in [2.05, 4.69) is 15.6 Å². The normalized spacial score (nSPS) is 19.7. The van der Waals surface area contributed by atoms with Gasteiger partial charge in [0.15, 0.2) is 0 Å². The third kappa shape index (κ3) is 5.05. The number of halogens is 4. The van der Waals surface area contributed by atoms with Gasteiger partial charge in [0.25, 0.3) is 0 Å². The van der Waals surface area contributed by atoms with Crippen LogP contribution in [0.3, 0.4) is 0 Å². The molecule has 1 aromatic heterocycles. The Morgan fingerprint density at radius 2 is 1.73 bits per heavy atom. The van der Waals surface area contributed by atoms with E-state index in [0.29, 0.717) is 29.2 Å². The van der Waals surface area contributed by atoms with Crippen molar-refractivity contribution in [1.29, 1.82) is 0 Å². The van der Waals surface area contributed by atoms with Crippen LogP contribution in [-0.2, 0) is 12.7 Å². The molecule has 3 aromatic rings. The summed E-state index contributed by atoms with van der Waals surface area (Å²) >= 11 is 6.06. The van der Waals surface area contributed by atoms with Crippen LogP contribution in [0.15, 0.2) is 54.7 Å². The van der Waals surface area contributed by atoms with Gasteiger partial charge in [-0.1, -0.05) is 29.8 Å². The fraction of sp³-hybridized carbons (Fsp3) is 0.348. The van der Waals surface area contributed by atoms with Gasteiger partial charge in [0.2, 0.25) is 0 Å². The second-order valence-corrected chi connectivity index (χ2v) is 8.23. The number of benzene rings is 2. The number of nitrogens with zero attached hydrogens (tertiary/aromatic N) is 1. The summed E-state index contributed by atoms with van der Waals surface area (Å²) in [6, 6.07) is 13.9. The molecule has 1 fully saturated rings. The highest BCUT2D eigenvalue weighted by atomic mass is 35.5. The van der Waals surface area contributed by atoms with Crippen LogP contribution in [-0.4, -0.2) is 17.1 Å². The minimum absolute atomic E-state index is 0.311. The molecular formula is C23H23ClF3N3. The Balaban J connectivity index is 1.31. The molecule has 30 heavy (non-hydrogen) atoms. The highest BCUT2D eigenvalue weighted by molar-refractivity contribution is 6.31. The van der Waals surface area contributed by atoms with Crippen LogP contribution in [0.25, 0.3) is 10.9 Å². The summed E-state index contributed by atoms with van der Waals surface area (Å²) in [6.07, 6.45) is 1.43. The molecule has 0 unspecified atom stereocenters. The van der Waals surface area contributed by atoms with Gasteiger partial charge in [0.1, 0.15) is 0 Å². The van der Waals surface area contributed by atoms with Crippen molar-refractivity contribution in [2.24, 2.45) is 0 Å². The SMILES string of the molecule is FC(F)(F)c1cccc(CN[C@H]2CC[C@@H](Nc3ccnc4cc(Cl)ccc34)CC2)c1. The summed E-state index contributed by atoms with van der Waals surface area (Å²) in [5, 5.41) is 8.76. The molecule has 0 bridgehead atoms. The van der Waals surface area contributed by atoms with E-state index in [4.69, 9.17) is 11.6 Å². The topological polar surface area (TPSA) is 37.0 Å². The predicted molar refractivity (Wildman–Crippen MR) is 115 cm³/mol. The van der Waals surface area contributed by atoms with Gasteiger partial charge in [-0.25, -0.2) is 0 Å². The van der Waals surface area contributed by atoms with Crippen LogP contribution in [0.4, 0.5) is 18.9 Å². The zero-order valence-corrected chi connectivity index (χ0v) is 17.1. The number of hydrogen-bond donors (Lipinski definition) is 2. The second-order valence-electron chi connectivity index (χ2n) is 7.79. The maximum Gasteiger partial charge on any atom is 0.416 e. The molecule has 0 atom stereocenters. The van der Waals surface area contributed by atoms with E-state index in [-0.39, 0.29) is 0 Å². The molecule has 1 saturated carbocycles. The third-order valence-corrected chi connectivity index (χ3v) is 5.88. The summed E-state index contributed by atoms with van der Waals surface area (Å²) in [5.74, 6) is 0. The molecule has 0 aliphatic heterocycles. The first-order valence-corrected chi connectivity index (χ1v) is 10.5. The first-order chi connectivity index (χ1) is 14.4. The number of pyridine rings is 1. The first-order valence-electron chi connectivity index (χ1n) is 10.1. The van der Waals surface area contributed by atoms with Crippen molar-refractivity contribution in [2.75, 3.05) is 5.32 Å². The number of hydrogen-bond acceptors (Lipinski definition) is 3. The lowest BCUT2D eigenvalue weighted by atomic mass is 9.90. The van der Waals surface area contributed by atoms with Crippen molar-refractivity contribution in [1.82, 2.24) is 10.3 Å². The van der Waals surface area contributed by atoms with Crippen LogP contribution in [0.5, 0.6) is 0 Å². The van der Waals surface area contributed by atoms with Gasteiger partial charge in [-0.3, -0.25) is 4.98 Å². The molecule has 1 aliphatic carbocycles. The predicted octanol–water partition coefficient (Wildman–Crippen LogP) is 6.42. The maximum absolute atomic E-state index is 12.9. The van der Waals surface area contributed by atoms with Crippen molar-refractivity contribution >= 4 is 28.2 Å². The van der Waals surface area contributed by atoms with Crippen LogP contribution in [0, 0.1) is 0 Å². The summed E-state index contributed by atoms with van der Waals surface area (Å²) in [7, 11) is 0. The quantitative estimate of drug-likeness (QED) is 0.487. The Morgan fingerprint density at radius 1 is 0.967 bits per heavy atom. The summed E-state index contributed by atoms with van der Waals surface area (Å²) < 4.78 is 38.6. The van der Waals surface area contributed by atoms with Gasteiger partial charge < -0.3 is 10.6 Å². The molecule has 0 amide bonds. The molecule has 1 aliphatic rings. The lowest BCUT2D eigenvalue weighted by Gasteiger charge is -2.30. The Bertz CT molecular complexity index is 1010. The minimum atomic E-state index is -4.30. The van der Waals surface area contributed by atoms with Crippen molar-refractivity contribution in [3.8, 4) is 0 Å². The maximum atomic E-state index is 12.9. The van der Waals surface area contributed by atoms with E-state index in [1.54, 1.807) is 12.3 Å². The summed E-state index contributed by atoms with van der Waals surface area (Å²) in [4.78, 5) is 4.38. The fourth-order valence-electron chi connectivity index (χ4n) is 4.03. The van der Waals surface area contributed by atoms with Crippen LogP contribution < -0.4 is 10.6 Å². The molecule has 2 N–H and O–H groups in total.